The predicted molar refractivity (Wildman–Crippen MR) is 281 cm³/mol. The van der Waals surface area contributed by atoms with Gasteiger partial charge in [0.25, 0.3) is 5.91 Å². The van der Waals surface area contributed by atoms with E-state index in [0.29, 0.717) is 37.8 Å². The van der Waals surface area contributed by atoms with Crippen LogP contribution in [0, 0.1) is 21.7 Å². The minimum absolute atomic E-state index is 0.00161. The quantitative estimate of drug-likeness (QED) is 0.122. The normalized spacial score (nSPS) is 12.2. The highest BCUT2D eigenvalue weighted by Gasteiger charge is 2.20. The first-order chi connectivity index (χ1) is 30.5. The number of rotatable bonds is 14. The van der Waals surface area contributed by atoms with Crippen molar-refractivity contribution in [3.63, 3.8) is 0 Å². The van der Waals surface area contributed by atoms with Crippen LogP contribution >= 0.6 is 0 Å². The molecule has 0 aliphatic carbocycles. The summed E-state index contributed by atoms with van der Waals surface area (Å²) >= 11 is 0. The number of Topliss-reactive ketones (excluding diaryl/α,β-unsaturated/α-hetero) is 4. The molecule has 0 fully saturated rings. The molecule has 4 aromatic carbocycles. The molecular weight excluding hydrogens is 829 g/mol. The van der Waals surface area contributed by atoms with Gasteiger partial charge in [0.05, 0.1) is 6.54 Å². The summed E-state index contributed by atoms with van der Waals surface area (Å²) in [4.78, 5) is 61.0. The largest absolute Gasteiger partial charge is 0.347 e. The number of hydrogen-bond donors (Lipinski definition) is 2. The molecule has 0 unspecified atom stereocenters. The van der Waals surface area contributed by atoms with E-state index in [9.17, 15) is 24.0 Å². The van der Waals surface area contributed by atoms with Crippen LogP contribution < -0.4 is 10.6 Å². The Morgan fingerprint density at radius 2 is 0.776 bits per heavy atom. The van der Waals surface area contributed by atoms with Gasteiger partial charge in [-0.05, 0) is 110 Å². The number of nitrogens with one attached hydrogen (secondary N) is 2. The lowest BCUT2D eigenvalue weighted by Gasteiger charge is -2.21. The maximum Gasteiger partial charge on any atom is 0.251 e. The molecular formula is C60H86N2O5. The van der Waals surface area contributed by atoms with E-state index in [1.54, 1.807) is 0 Å². The molecule has 366 valence electrons. The third-order valence-electron chi connectivity index (χ3n) is 9.94. The molecule has 0 saturated carbocycles. The van der Waals surface area contributed by atoms with E-state index in [4.69, 9.17) is 0 Å². The monoisotopic (exact) mass is 915 g/mol. The Kier molecular flexibility index (Phi) is 21.1. The Morgan fingerprint density at radius 1 is 0.388 bits per heavy atom. The highest BCUT2D eigenvalue weighted by Crippen LogP contribution is 2.25. The smallest absolute Gasteiger partial charge is 0.251 e. The van der Waals surface area contributed by atoms with Gasteiger partial charge in [-0.3, -0.25) is 24.0 Å². The van der Waals surface area contributed by atoms with Crippen LogP contribution in [-0.2, 0) is 30.5 Å². The first kappa shape index (κ1) is 58.1. The van der Waals surface area contributed by atoms with Gasteiger partial charge in [0.15, 0.2) is 23.1 Å². The van der Waals surface area contributed by atoms with Crippen LogP contribution in [0.25, 0.3) is 0 Å². The number of amides is 1. The number of carbonyl (C=O) groups excluding carboxylic acids is 5. The SMILES string of the molecule is CC(C)(C)CC(=O)c1ccc(CC(=O)CNC(C)(C)C)cc1.CC(C)(C)CC(=O)c1ccc(CC(=O)c2ccc(CC(C)(C)C)cc2)cc1.CC(C)(C)Cc1cccc(C(=O)NC(C)(C)C)c1. The summed E-state index contributed by atoms with van der Waals surface area (Å²) in [5.74, 6) is 0.558. The van der Waals surface area contributed by atoms with E-state index in [0.717, 1.165) is 40.7 Å². The van der Waals surface area contributed by atoms with Gasteiger partial charge < -0.3 is 10.6 Å². The Hall–Kier alpha value is -5.01. The Labute approximate surface area is 406 Å². The molecule has 0 atom stereocenters. The van der Waals surface area contributed by atoms with Gasteiger partial charge in [-0.1, -0.05) is 168 Å². The Morgan fingerprint density at radius 3 is 1.16 bits per heavy atom. The fraction of sp³-hybridized carbons (Fsp3) is 0.517. The van der Waals surface area contributed by atoms with Crippen molar-refractivity contribution in [1.29, 1.82) is 0 Å². The fourth-order valence-corrected chi connectivity index (χ4v) is 6.99. The van der Waals surface area contributed by atoms with Gasteiger partial charge in [0.1, 0.15) is 0 Å². The number of hydrogen-bond acceptors (Lipinski definition) is 6. The molecule has 0 heterocycles. The molecule has 0 aliphatic rings. The first-order valence-corrected chi connectivity index (χ1v) is 24.0. The van der Waals surface area contributed by atoms with Crippen LogP contribution in [-0.4, -0.2) is 46.7 Å². The van der Waals surface area contributed by atoms with E-state index in [2.05, 4.69) is 99.8 Å². The lowest BCUT2D eigenvalue weighted by molar-refractivity contribution is -0.117. The van der Waals surface area contributed by atoms with Crippen LogP contribution in [0.5, 0.6) is 0 Å². The van der Waals surface area contributed by atoms with Gasteiger partial charge in [-0.15, -0.1) is 0 Å². The predicted octanol–water partition coefficient (Wildman–Crippen LogP) is 13.9. The van der Waals surface area contributed by atoms with E-state index >= 15 is 0 Å². The van der Waals surface area contributed by atoms with Crippen LogP contribution in [0.4, 0.5) is 0 Å². The molecule has 67 heavy (non-hydrogen) atoms. The standard InChI is InChI=1S/C25H32O2.C19H29NO2.C16H25NO/c1-24(2,3)16-19-9-13-20(14-10-19)22(26)15-18-7-11-21(12-8-18)23(27)17-25(4,5)6;1-18(2,3)12-17(22)15-9-7-14(8-10-15)11-16(21)13-20-19(4,5)6;1-15(2,3)11-12-8-7-9-13(10-12)14(18)17-16(4,5)6/h7-14H,15-17H2,1-6H3;7-10,20H,11-13H2,1-6H3;7-10H,11H2,1-6H3,(H,17,18). The molecule has 0 radical (unpaired) electrons. The Balaban J connectivity index is 0.000000353. The average molecular weight is 915 g/mol. The molecule has 7 nitrogen and oxygen atoms in total. The van der Waals surface area contributed by atoms with Crippen molar-refractivity contribution in [2.45, 2.75) is 174 Å². The Bertz CT molecular complexity index is 2220. The molecule has 0 saturated heterocycles. The van der Waals surface area contributed by atoms with E-state index in [-0.39, 0.29) is 61.8 Å². The molecule has 2 N–H and O–H groups in total. The van der Waals surface area contributed by atoms with Crippen molar-refractivity contribution in [1.82, 2.24) is 10.6 Å². The van der Waals surface area contributed by atoms with Gasteiger partial charge >= 0.3 is 0 Å². The lowest BCUT2D eigenvalue weighted by atomic mass is 9.87. The second-order valence-electron chi connectivity index (χ2n) is 25.2. The highest BCUT2D eigenvalue weighted by molar-refractivity contribution is 5.99. The maximum atomic E-state index is 12.6. The third kappa shape index (κ3) is 26.2. The summed E-state index contributed by atoms with van der Waals surface area (Å²) in [7, 11) is 0. The summed E-state index contributed by atoms with van der Waals surface area (Å²) in [5.41, 5.74) is 7.45. The van der Waals surface area contributed by atoms with Crippen molar-refractivity contribution in [2.24, 2.45) is 21.7 Å². The van der Waals surface area contributed by atoms with Crippen LogP contribution in [0.3, 0.4) is 0 Å². The van der Waals surface area contributed by atoms with Gasteiger partial charge in [-0.2, -0.15) is 0 Å². The van der Waals surface area contributed by atoms with Gasteiger partial charge in [0.2, 0.25) is 0 Å². The highest BCUT2D eigenvalue weighted by atomic mass is 16.2. The minimum Gasteiger partial charge on any atom is -0.347 e. The zero-order valence-corrected chi connectivity index (χ0v) is 44.7. The second kappa shape index (κ2) is 24.3. The van der Waals surface area contributed by atoms with Crippen molar-refractivity contribution in [2.75, 3.05) is 6.54 Å². The summed E-state index contributed by atoms with van der Waals surface area (Å²) in [5, 5.41) is 6.18. The van der Waals surface area contributed by atoms with Crippen molar-refractivity contribution in [3.8, 4) is 0 Å². The molecule has 4 aromatic rings. The molecule has 1 amide bonds. The van der Waals surface area contributed by atoms with Gasteiger partial charge in [-0.25, -0.2) is 0 Å². The molecule has 0 aromatic heterocycles. The van der Waals surface area contributed by atoms with Crippen LogP contribution in [0.15, 0.2) is 97.1 Å². The molecule has 0 aliphatic heterocycles. The fourth-order valence-electron chi connectivity index (χ4n) is 6.99. The minimum atomic E-state index is -0.197. The van der Waals surface area contributed by atoms with Crippen molar-refractivity contribution < 1.29 is 24.0 Å². The summed E-state index contributed by atoms with van der Waals surface area (Å²) in [6.07, 6.45) is 3.77. The molecule has 4 rings (SSSR count). The lowest BCUT2D eigenvalue weighted by Crippen LogP contribution is -2.40. The first-order valence-electron chi connectivity index (χ1n) is 24.0. The number of benzene rings is 4. The maximum absolute atomic E-state index is 12.6. The molecule has 7 heteroatoms. The summed E-state index contributed by atoms with van der Waals surface area (Å²) < 4.78 is 0. The second-order valence-corrected chi connectivity index (χ2v) is 25.2. The zero-order valence-electron chi connectivity index (χ0n) is 44.7. The van der Waals surface area contributed by atoms with E-state index in [1.807, 2.05) is 133 Å². The van der Waals surface area contributed by atoms with E-state index < -0.39 is 0 Å². The third-order valence-corrected chi connectivity index (χ3v) is 9.94. The van der Waals surface area contributed by atoms with Crippen LogP contribution in [0.1, 0.15) is 201 Å². The van der Waals surface area contributed by atoms with Crippen molar-refractivity contribution in [3.05, 3.63) is 142 Å². The summed E-state index contributed by atoms with van der Waals surface area (Å²) in [6.45, 7) is 38.0. The molecule has 0 spiro atoms. The van der Waals surface area contributed by atoms with Crippen LogP contribution in [0.2, 0.25) is 0 Å². The molecule has 0 bridgehead atoms. The number of ketones is 4. The van der Waals surface area contributed by atoms with E-state index in [1.165, 1.54) is 11.1 Å². The average Bonchev–Trinajstić information content (AvgIpc) is 3.15. The zero-order chi connectivity index (χ0) is 51.2. The summed E-state index contributed by atoms with van der Waals surface area (Å²) in [6, 6.07) is 30.7. The van der Waals surface area contributed by atoms with Crippen molar-refractivity contribution >= 4 is 29.0 Å². The topological polar surface area (TPSA) is 109 Å². The van der Waals surface area contributed by atoms with Gasteiger partial charge in [0, 0.05) is 59.0 Å². The number of carbonyl (C=O) groups is 5.